The highest BCUT2D eigenvalue weighted by atomic mass is 35.5. The average molecular weight is 476 g/mol. The predicted octanol–water partition coefficient (Wildman–Crippen LogP) is 4.49. The van der Waals surface area contributed by atoms with E-state index in [1.54, 1.807) is 37.1 Å². The number of ether oxygens (including phenoxy) is 2. The summed E-state index contributed by atoms with van der Waals surface area (Å²) in [5.74, 6) is -1.57. The standard InChI is InChI=1S/C23H23Cl2N3O4/c1-3-32-22(30)19-20(14-9-10-15(24)16(25)13-14)28-18-8-5-4-7-17(18)26-23(28)27(21(19)29)11-6-12-31-2/h4-5,7-10,13,19-20H,3,6,11-12H2,1-2H3/t19-,20+/m1/s1. The summed E-state index contributed by atoms with van der Waals surface area (Å²) < 4.78 is 12.4. The summed E-state index contributed by atoms with van der Waals surface area (Å²) in [6, 6.07) is 12.0. The van der Waals surface area contributed by atoms with Crippen LogP contribution >= 0.6 is 23.2 Å². The Morgan fingerprint density at radius 2 is 1.94 bits per heavy atom. The molecule has 0 fully saturated rings. The summed E-state index contributed by atoms with van der Waals surface area (Å²) >= 11 is 12.4. The highest BCUT2D eigenvalue weighted by Gasteiger charge is 2.47. The molecule has 0 saturated carbocycles. The summed E-state index contributed by atoms with van der Waals surface area (Å²) in [6.07, 6.45) is 0.596. The van der Waals surface area contributed by atoms with Gasteiger partial charge in [-0.05, 0) is 43.2 Å². The first-order chi connectivity index (χ1) is 15.5. The summed E-state index contributed by atoms with van der Waals surface area (Å²) in [4.78, 5) is 33.1. The fourth-order valence-electron chi connectivity index (χ4n) is 4.12. The van der Waals surface area contributed by atoms with Gasteiger partial charge in [0.1, 0.15) is 0 Å². The third kappa shape index (κ3) is 3.96. The van der Waals surface area contributed by atoms with Gasteiger partial charge in [-0.1, -0.05) is 41.4 Å². The maximum atomic E-state index is 13.7. The van der Waals surface area contributed by atoms with Gasteiger partial charge in [0.15, 0.2) is 5.92 Å². The molecular weight excluding hydrogens is 453 g/mol. The van der Waals surface area contributed by atoms with Gasteiger partial charge < -0.3 is 14.0 Å². The Morgan fingerprint density at radius 1 is 1.16 bits per heavy atom. The van der Waals surface area contributed by atoms with Crippen molar-refractivity contribution in [3.63, 3.8) is 0 Å². The highest BCUT2D eigenvalue weighted by Crippen LogP contribution is 2.42. The first-order valence-electron chi connectivity index (χ1n) is 10.4. The van der Waals surface area contributed by atoms with Crippen LogP contribution in [0.2, 0.25) is 10.0 Å². The monoisotopic (exact) mass is 475 g/mol. The summed E-state index contributed by atoms with van der Waals surface area (Å²) in [7, 11) is 1.61. The number of aromatic nitrogens is 2. The number of rotatable bonds is 7. The first-order valence-corrected chi connectivity index (χ1v) is 11.1. The Morgan fingerprint density at radius 3 is 2.66 bits per heavy atom. The number of hydrogen-bond donors (Lipinski definition) is 0. The lowest BCUT2D eigenvalue weighted by Crippen LogP contribution is -2.50. The number of esters is 1. The number of methoxy groups -OCH3 is 1. The topological polar surface area (TPSA) is 73.7 Å². The van der Waals surface area contributed by atoms with Crippen molar-refractivity contribution in [3.8, 4) is 0 Å². The van der Waals surface area contributed by atoms with Crippen LogP contribution in [0.3, 0.4) is 0 Å². The van der Waals surface area contributed by atoms with Crippen molar-refractivity contribution in [2.45, 2.75) is 19.4 Å². The minimum Gasteiger partial charge on any atom is -0.465 e. The van der Waals surface area contributed by atoms with Crippen LogP contribution in [-0.2, 0) is 19.1 Å². The molecule has 32 heavy (non-hydrogen) atoms. The number of amides is 1. The molecule has 1 aromatic heterocycles. The van der Waals surface area contributed by atoms with Crippen molar-refractivity contribution in [1.29, 1.82) is 0 Å². The SMILES string of the molecule is CCOC(=O)[C@H]1C(=O)N(CCCOC)c2nc3ccccc3n2[C@H]1c1ccc(Cl)c(Cl)c1. The van der Waals surface area contributed by atoms with E-state index in [1.807, 2.05) is 28.8 Å². The van der Waals surface area contributed by atoms with Crippen LogP contribution in [-0.4, -0.2) is 48.3 Å². The van der Waals surface area contributed by atoms with Crippen LogP contribution < -0.4 is 4.90 Å². The summed E-state index contributed by atoms with van der Waals surface area (Å²) in [6.45, 7) is 2.72. The molecule has 0 N–H and O–H groups in total. The van der Waals surface area contributed by atoms with Crippen molar-refractivity contribution >= 4 is 52.1 Å². The smallest absolute Gasteiger partial charge is 0.321 e. The third-order valence-corrected chi connectivity index (χ3v) is 6.24. The van der Waals surface area contributed by atoms with Crippen LogP contribution in [0.4, 0.5) is 5.95 Å². The molecule has 1 amide bonds. The number of para-hydroxylation sites is 2. The zero-order valence-electron chi connectivity index (χ0n) is 17.8. The van der Waals surface area contributed by atoms with E-state index in [0.717, 1.165) is 11.0 Å². The highest BCUT2D eigenvalue weighted by molar-refractivity contribution is 6.42. The normalized spacial score (nSPS) is 18.1. The van der Waals surface area contributed by atoms with Gasteiger partial charge in [0.25, 0.3) is 0 Å². The summed E-state index contributed by atoms with van der Waals surface area (Å²) in [5, 5.41) is 0.731. The van der Waals surface area contributed by atoms with E-state index in [2.05, 4.69) is 0 Å². The summed E-state index contributed by atoms with van der Waals surface area (Å²) in [5.41, 5.74) is 2.20. The molecule has 7 nitrogen and oxygen atoms in total. The zero-order valence-corrected chi connectivity index (χ0v) is 19.3. The van der Waals surface area contributed by atoms with E-state index in [1.165, 1.54) is 0 Å². The van der Waals surface area contributed by atoms with Crippen LogP contribution in [0, 0.1) is 5.92 Å². The number of fused-ring (bicyclic) bond motifs is 3. The minimum absolute atomic E-state index is 0.165. The van der Waals surface area contributed by atoms with E-state index in [-0.39, 0.29) is 12.5 Å². The average Bonchev–Trinajstić information content (AvgIpc) is 3.16. The molecule has 1 aliphatic heterocycles. The van der Waals surface area contributed by atoms with Crippen molar-refractivity contribution in [1.82, 2.24) is 9.55 Å². The lowest BCUT2D eigenvalue weighted by molar-refractivity contribution is -0.153. The zero-order chi connectivity index (χ0) is 22.8. The van der Waals surface area contributed by atoms with Crippen molar-refractivity contribution < 1.29 is 19.1 Å². The third-order valence-electron chi connectivity index (χ3n) is 5.50. The number of halogens is 2. The van der Waals surface area contributed by atoms with Gasteiger partial charge in [-0.2, -0.15) is 0 Å². The van der Waals surface area contributed by atoms with E-state index in [9.17, 15) is 9.59 Å². The van der Waals surface area contributed by atoms with Gasteiger partial charge in [-0.25, -0.2) is 4.98 Å². The molecule has 1 aliphatic rings. The predicted molar refractivity (Wildman–Crippen MR) is 123 cm³/mol. The Balaban J connectivity index is 1.95. The molecule has 9 heteroatoms. The quantitative estimate of drug-likeness (QED) is 0.285. The molecule has 0 spiro atoms. The van der Waals surface area contributed by atoms with Gasteiger partial charge in [-0.3, -0.25) is 14.5 Å². The maximum Gasteiger partial charge on any atom is 0.321 e. The second-order valence-corrected chi connectivity index (χ2v) is 8.27. The molecule has 3 aromatic rings. The number of carbonyl (C=O) groups excluding carboxylic acids is 2. The second-order valence-electron chi connectivity index (χ2n) is 7.45. The van der Waals surface area contributed by atoms with Gasteiger partial charge in [0, 0.05) is 20.3 Å². The number of benzene rings is 2. The van der Waals surface area contributed by atoms with Gasteiger partial charge in [0.2, 0.25) is 11.9 Å². The largest absolute Gasteiger partial charge is 0.465 e. The lowest BCUT2D eigenvalue weighted by Gasteiger charge is -2.38. The molecule has 2 aromatic carbocycles. The van der Waals surface area contributed by atoms with Gasteiger partial charge in [-0.15, -0.1) is 0 Å². The van der Waals surface area contributed by atoms with Crippen LogP contribution in [0.5, 0.6) is 0 Å². The van der Waals surface area contributed by atoms with E-state index in [4.69, 9.17) is 37.7 Å². The molecule has 168 valence electrons. The molecule has 0 saturated heterocycles. The Kier molecular flexibility index (Phi) is 6.69. The number of hydrogen-bond acceptors (Lipinski definition) is 5. The molecule has 2 heterocycles. The fraction of sp³-hybridized carbons (Fsp3) is 0.348. The number of carbonyl (C=O) groups is 2. The van der Waals surface area contributed by atoms with Gasteiger partial charge in [0.05, 0.1) is 33.7 Å². The van der Waals surface area contributed by atoms with Crippen molar-refractivity contribution in [3.05, 3.63) is 58.1 Å². The molecule has 0 bridgehead atoms. The van der Waals surface area contributed by atoms with E-state index in [0.29, 0.717) is 41.1 Å². The Hall–Kier alpha value is -2.61. The molecular formula is C23H23Cl2N3O4. The molecule has 0 unspecified atom stereocenters. The molecule has 2 atom stereocenters. The van der Waals surface area contributed by atoms with Crippen LogP contribution in [0.15, 0.2) is 42.5 Å². The molecule has 4 rings (SSSR count). The molecule has 0 radical (unpaired) electrons. The lowest BCUT2D eigenvalue weighted by atomic mass is 9.89. The molecule has 0 aliphatic carbocycles. The van der Waals surface area contributed by atoms with Crippen molar-refractivity contribution in [2.24, 2.45) is 5.92 Å². The number of imidazole rings is 1. The Labute approximate surface area is 195 Å². The van der Waals surface area contributed by atoms with Crippen molar-refractivity contribution in [2.75, 3.05) is 31.8 Å². The maximum absolute atomic E-state index is 13.7. The second kappa shape index (κ2) is 9.48. The Bertz CT molecular complexity index is 1160. The van der Waals surface area contributed by atoms with E-state index < -0.39 is 17.9 Å². The van der Waals surface area contributed by atoms with Crippen LogP contribution in [0.1, 0.15) is 24.9 Å². The first kappa shape index (κ1) is 22.6. The number of nitrogens with zero attached hydrogens (tertiary/aromatic N) is 3. The number of anilines is 1. The minimum atomic E-state index is -1.10. The van der Waals surface area contributed by atoms with Crippen LogP contribution in [0.25, 0.3) is 11.0 Å². The fourth-order valence-corrected chi connectivity index (χ4v) is 4.43. The van der Waals surface area contributed by atoms with E-state index >= 15 is 0 Å². The van der Waals surface area contributed by atoms with Gasteiger partial charge >= 0.3 is 5.97 Å².